The Bertz CT molecular complexity index is 409. The topological polar surface area (TPSA) is 52.3 Å². The van der Waals surface area contributed by atoms with Crippen LogP contribution >= 0.6 is 11.8 Å². The van der Waals surface area contributed by atoms with Gasteiger partial charge in [0.15, 0.2) is 0 Å². The van der Waals surface area contributed by atoms with E-state index in [1.165, 1.54) is 41.1 Å². The van der Waals surface area contributed by atoms with Gasteiger partial charge in [-0.1, -0.05) is 17.7 Å². The lowest BCUT2D eigenvalue weighted by molar-refractivity contribution is -0.137. The summed E-state index contributed by atoms with van der Waals surface area (Å²) < 4.78 is 4.60. The highest BCUT2D eigenvalue weighted by Crippen LogP contribution is 2.24. The van der Waals surface area contributed by atoms with Crippen LogP contribution in [0, 0.1) is 20.8 Å². The second-order valence-corrected chi connectivity index (χ2v) is 5.54. The molecular formula is C14H21NO2S. The summed E-state index contributed by atoms with van der Waals surface area (Å²) in [7, 11) is 1.40. The molecule has 18 heavy (non-hydrogen) atoms. The zero-order valence-electron chi connectivity index (χ0n) is 11.4. The Kier molecular flexibility index (Phi) is 5.69. The van der Waals surface area contributed by atoms with Crippen LogP contribution in [0.15, 0.2) is 12.1 Å². The van der Waals surface area contributed by atoms with Crippen molar-refractivity contribution in [1.29, 1.82) is 0 Å². The first-order chi connectivity index (χ1) is 8.45. The Morgan fingerprint density at radius 1 is 1.33 bits per heavy atom. The lowest BCUT2D eigenvalue weighted by Gasteiger charge is -2.18. The quantitative estimate of drug-likeness (QED) is 0.833. The first kappa shape index (κ1) is 15.1. The molecular weight excluding hydrogens is 246 g/mol. The highest BCUT2D eigenvalue weighted by atomic mass is 32.2. The summed E-state index contributed by atoms with van der Waals surface area (Å²) in [5.41, 5.74) is 11.1. The standard InChI is InChI=1S/C14H21NO2S/c1-9-5-10(2)14(11(3)6-9)12(15)7-18-8-13(16)17-4/h5-6,12H,7-8,15H2,1-4H3. The van der Waals surface area contributed by atoms with Gasteiger partial charge in [-0.15, -0.1) is 11.8 Å². The number of methoxy groups -OCH3 is 1. The monoisotopic (exact) mass is 267 g/mol. The molecule has 0 aromatic heterocycles. The Balaban J connectivity index is 2.67. The molecule has 0 fully saturated rings. The van der Waals surface area contributed by atoms with Crippen molar-refractivity contribution in [2.75, 3.05) is 18.6 Å². The fourth-order valence-corrected chi connectivity index (χ4v) is 3.01. The van der Waals surface area contributed by atoms with E-state index in [4.69, 9.17) is 5.73 Å². The van der Waals surface area contributed by atoms with E-state index in [0.29, 0.717) is 5.75 Å². The summed E-state index contributed by atoms with van der Waals surface area (Å²) >= 11 is 1.51. The van der Waals surface area contributed by atoms with Crippen LogP contribution in [0.4, 0.5) is 0 Å². The maximum atomic E-state index is 11.0. The Hall–Kier alpha value is -1.00. The van der Waals surface area contributed by atoms with Crippen molar-refractivity contribution < 1.29 is 9.53 Å². The molecule has 1 aromatic carbocycles. The second-order valence-electron chi connectivity index (χ2n) is 4.51. The molecule has 0 radical (unpaired) electrons. The molecule has 0 spiro atoms. The number of esters is 1. The number of thioether (sulfide) groups is 1. The Morgan fingerprint density at radius 3 is 2.39 bits per heavy atom. The largest absolute Gasteiger partial charge is 0.468 e. The van der Waals surface area contributed by atoms with Gasteiger partial charge in [0.25, 0.3) is 0 Å². The maximum absolute atomic E-state index is 11.0. The number of nitrogens with two attached hydrogens (primary N) is 1. The first-order valence-electron chi connectivity index (χ1n) is 5.93. The number of rotatable bonds is 5. The summed E-state index contributed by atoms with van der Waals surface area (Å²) in [4.78, 5) is 11.0. The highest BCUT2D eigenvalue weighted by Gasteiger charge is 2.13. The number of benzene rings is 1. The van der Waals surface area contributed by atoms with Gasteiger partial charge in [0, 0.05) is 11.8 Å². The van der Waals surface area contributed by atoms with Gasteiger partial charge in [-0.05, 0) is 37.5 Å². The number of carbonyl (C=O) groups is 1. The van der Waals surface area contributed by atoms with Gasteiger partial charge >= 0.3 is 5.97 Å². The van der Waals surface area contributed by atoms with Crippen molar-refractivity contribution in [3.63, 3.8) is 0 Å². The second kappa shape index (κ2) is 6.81. The average Bonchev–Trinajstić information content (AvgIpc) is 2.27. The summed E-state index contributed by atoms with van der Waals surface area (Å²) in [5, 5.41) is 0. The predicted octanol–water partition coefficient (Wildman–Crippen LogP) is 2.52. The molecule has 1 unspecified atom stereocenters. The van der Waals surface area contributed by atoms with Crippen LogP contribution in [-0.4, -0.2) is 24.6 Å². The van der Waals surface area contributed by atoms with Crippen LogP contribution in [0.3, 0.4) is 0 Å². The molecule has 0 amide bonds. The van der Waals surface area contributed by atoms with Crippen LogP contribution in [0.25, 0.3) is 0 Å². The highest BCUT2D eigenvalue weighted by molar-refractivity contribution is 7.99. The zero-order valence-corrected chi connectivity index (χ0v) is 12.3. The molecule has 0 aliphatic heterocycles. The van der Waals surface area contributed by atoms with Crippen molar-refractivity contribution in [2.24, 2.45) is 5.73 Å². The van der Waals surface area contributed by atoms with E-state index in [1.54, 1.807) is 0 Å². The summed E-state index contributed by atoms with van der Waals surface area (Å²) in [6, 6.07) is 4.25. The first-order valence-corrected chi connectivity index (χ1v) is 7.09. The third-order valence-electron chi connectivity index (χ3n) is 2.85. The number of carbonyl (C=O) groups excluding carboxylic acids is 1. The van der Waals surface area contributed by atoms with Crippen LogP contribution in [0.1, 0.15) is 28.3 Å². The summed E-state index contributed by atoms with van der Waals surface area (Å²) in [5.74, 6) is 0.873. The number of ether oxygens (including phenoxy) is 1. The molecule has 0 saturated carbocycles. The van der Waals surface area contributed by atoms with Crippen LogP contribution in [-0.2, 0) is 9.53 Å². The molecule has 0 aliphatic rings. The van der Waals surface area contributed by atoms with Gasteiger partial charge in [0.05, 0.1) is 12.9 Å². The van der Waals surface area contributed by atoms with Crippen LogP contribution < -0.4 is 5.73 Å². The predicted molar refractivity (Wildman–Crippen MR) is 76.9 cm³/mol. The van der Waals surface area contributed by atoms with E-state index >= 15 is 0 Å². The van der Waals surface area contributed by atoms with Gasteiger partial charge in [0.2, 0.25) is 0 Å². The van der Waals surface area contributed by atoms with Crippen molar-refractivity contribution >= 4 is 17.7 Å². The minimum absolute atomic E-state index is 0.0414. The molecule has 2 N–H and O–H groups in total. The fourth-order valence-electron chi connectivity index (χ4n) is 2.19. The van der Waals surface area contributed by atoms with Gasteiger partial charge in [-0.25, -0.2) is 0 Å². The third kappa shape index (κ3) is 4.03. The van der Waals surface area contributed by atoms with E-state index in [2.05, 4.69) is 37.6 Å². The average molecular weight is 267 g/mol. The number of aryl methyl sites for hydroxylation is 3. The Morgan fingerprint density at radius 2 is 1.89 bits per heavy atom. The molecule has 1 rings (SSSR count). The third-order valence-corrected chi connectivity index (χ3v) is 3.89. The lowest BCUT2D eigenvalue weighted by atomic mass is 9.95. The molecule has 1 aromatic rings. The SMILES string of the molecule is COC(=O)CSCC(N)c1c(C)cc(C)cc1C. The van der Waals surface area contributed by atoms with Crippen LogP contribution in [0.2, 0.25) is 0 Å². The van der Waals surface area contributed by atoms with Crippen LogP contribution in [0.5, 0.6) is 0 Å². The van der Waals surface area contributed by atoms with Crippen molar-refractivity contribution in [1.82, 2.24) is 0 Å². The normalized spacial score (nSPS) is 12.3. The van der Waals surface area contributed by atoms with Gasteiger partial charge in [-0.2, -0.15) is 0 Å². The zero-order chi connectivity index (χ0) is 13.7. The maximum Gasteiger partial charge on any atom is 0.315 e. The van der Waals surface area contributed by atoms with Gasteiger partial charge in [0.1, 0.15) is 0 Å². The van der Waals surface area contributed by atoms with E-state index in [0.717, 1.165) is 5.75 Å². The fraction of sp³-hybridized carbons (Fsp3) is 0.500. The molecule has 3 nitrogen and oxygen atoms in total. The molecule has 1 atom stereocenters. The number of hydrogen-bond acceptors (Lipinski definition) is 4. The minimum atomic E-state index is -0.204. The molecule has 0 aliphatic carbocycles. The molecule has 0 saturated heterocycles. The Labute approximate surface area is 113 Å². The van der Waals surface area contributed by atoms with E-state index in [9.17, 15) is 4.79 Å². The van der Waals surface area contributed by atoms with E-state index < -0.39 is 0 Å². The van der Waals surface area contributed by atoms with Crippen molar-refractivity contribution in [3.05, 3.63) is 34.4 Å². The molecule has 0 bridgehead atoms. The molecule has 0 heterocycles. The summed E-state index contributed by atoms with van der Waals surface area (Å²) in [6.45, 7) is 6.25. The molecule has 100 valence electrons. The summed E-state index contributed by atoms with van der Waals surface area (Å²) in [6.07, 6.45) is 0. The smallest absolute Gasteiger partial charge is 0.315 e. The number of hydrogen-bond donors (Lipinski definition) is 1. The van der Waals surface area contributed by atoms with Gasteiger partial charge in [-0.3, -0.25) is 4.79 Å². The van der Waals surface area contributed by atoms with Crippen molar-refractivity contribution in [3.8, 4) is 0 Å². The van der Waals surface area contributed by atoms with Gasteiger partial charge < -0.3 is 10.5 Å². The lowest BCUT2D eigenvalue weighted by Crippen LogP contribution is -2.17. The van der Waals surface area contributed by atoms with E-state index in [1.807, 2.05) is 0 Å². The minimum Gasteiger partial charge on any atom is -0.468 e. The van der Waals surface area contributed by atoms with E-state index in [-0.39, 0.29) is 12.0 Å². The van der Waals surface area contributed by atoms with Crippen molar-refractivity contribution in [2.45, 2.75) is 26.8 Å². The molecule has 4 heteroatoms.